The number of rotatable bonds is 6. The van der Waals surface area contributed by atoms with Crippen molar-refractivity contribution in [2.24, 2.45) is 0 Å². The van der Waals surface area contributed by atoms with Crippen molar-refractivity contribution in [2.75, 3.05) is 14.2 Å². The first-order valence-electron chi connectivity index (χ1n) is 8.47. The van der Waals surface area contributed by atoms with Gasteiger partial charge in [-0.1, -0.05) is 24.3 Å². The fourth-order valence-corrected chi connectivity index (χ4v) is 4.56. The molecule has 138 valence electrons. The van der Waals surface area contributed by atoms with Gasteiger partial charge in [-0.25, -0.2) is 13.1 Å². The zero-order valence-electron chi connectivity index (χ0n) is 15.2. The molecule has 2 aromatic rings. The van der Waals surface area contributed by atoms with E-state index in [1.54, 1.807) is 45.4 Å². The van der Waals surface area contributed by atoms with Crippen molar-refractivity contribution >= 4 is 16.1 Å². The average molecular weight is 373 g/mol. The van der Waals surface area contributed by atoms with Crippen LogP contribution in [0, 0.1) is 0 Å². The quantitative estimate of drug-likeness (QED) is 0.839. The highest BCUT2D eigenvalue weighted by Gasteiger charge is 2.25. The van der Waals surface area contributed by atoms with E-state index in [1.807, 2.05) is 24.3 Å². The second-order valence-electron chi connectivity index (χ2n) is 6.26. The summed E-state index contributed by atoms with van der Waals surface area (Å²) < 4.78 is 39.1. The first-order valence-corrected chi connectivity index (χ1v) is 9.95. The van der Waals surface area contributed by atoms with E-state index in [-0.39, 0.29) is 0 Å². The van der Waals surface area contributed by atoms with E-state index in [0.29, 0.717) is 22.8 Å². The molecule has 3 rings (SSSR count). The zero-order valence-corrected chi connectivity index (χ0v) is 16.0. The predicted octanol–water partition coefficient (Wildman–Crippen LogP) is 3.67. The van der Waals surface area contributed by atoms with Crippen LogP contribution in [0.5, 0.6) is 11.5 Å². The Morgan fingerprint density at radius 1 is 1.04 bits per heavy atom. The summed E-state index contributed by atoms with van der Waals surface area (Å²) in [5.41, 5.74) is 2.87. The molecule has 1 aliphatic carbocycles. The molecule has 1 atom stereocenters. The van der Waals surface area contributed by atoms with E-state index >= 15 is 0 Å². The van der Waals surface area contributed by atoms with Gasteiger partial charge in [0.2, 0.25) is 10.0 Å². The van der Waals surface area contributed by atoms with Crippen LogP contribution in [0.3, 0.4) is 0 Å². The molecule has 2 aromatic carbocycles. The minimum atomic E-state index is -3.60. The Morgan fingerprint density at radius 3 is 2.54 bits per heavy atom. The molecule has 0 saturated carbocycles. The third-order valence-electron chi connectivity index (χ3n) is 4.59. The third-order valence-corrected chi connectivity index (χ3v) is 6.27. The maximum atomic E-state index is 12.9. The van der Waals surface area contributed by atoms with Crippen LogP contribution in [0.1, 0.15) is 36.1 Å². The zero-order chi connectivity index (χ0) is 18.7. The van der Waals surface area contributed by atoms with Crippen molar-refractivity contribution in [1.29, 1.82) is 0 Å². The maximum absolute atomic E-state index is 12.9. The number of allylic oxidation sites excluding steroid dienone is 1. The van der Waals surface area contributed by atoms with Gasteiger partial charge in [0, 0.05) is 11.6 Å². The predicted molar refractivity (Wildman–Crippen MR) is 103 cm³/mol. The van der Waals surface area contributed by atoms with Crippen molar-refractivity contribution in [2.45, 2.75) is 25.8 Å². The number of hydrogen-bond acceptors (Lipinski definition) is 4. The lowest BCUT2D eigenvalue weighted by molar-refractivity contribution is 0.395. The molecule has 0 amide bonds. The second kappa shape index (κ2) is 7.51. The van der Waals surface area contributed by atoms with Gasteiger partial charge in [-0.15, -0.1) is 0 Å². The van der Waals surface area contributed by atoms with E-state index in [4.69, 9.17) is 9.47 Å². The van der Waals surface area contributed by atoms with Gasteiger partial charge in [-0.2, -0.15) is 0 Å². The van der Waals surface area contributed by atoms with Crippen molar-refractivity contribution in [1.82, 2.24) is 4.72 Å². The number of sulfonamides is 1. The van der Waals surface area contributed by atoms with Gasteiger partial charge in [0.25, 0.3) is 0 Å². The number of methoxy groups -OCH3 is 2. The largest absolute Gasteiger partial charge is 0.497 e. The lowest BCUT2D eigenvalue weighted by Gasteiger charge is -2.21. The minimum absolute atomic E-state index is 0.407. The molecule has 1 N–H and O–H groups in total. The van der Waals surface area contributed by atoms with Crippen molar-refractivity contribution in [3.8, 4) is 11.5 Å². The highest BCUT2D eigenvalue weighted by molar-refractivity contribution is 7.93. The number of fused-ring (bicyclic) bond motifs is 1. The molecule has 0 heterocycles. The van der Waals surface area contributed by atoms with Crippen LogP contribution in [0.4, 0.5) is 0 Å². The van der Waals surface area contributed by atoms with Gasteiger partial charge in [-0.05, 0) is 55.2 Å². The van der Waals surface area contributed by atoms with Gasteiger partial charge < -0.3 is 9.47 Å². The van der Waals surface area contributed by atoms with Crippen LogP contribution < -0.4 is 14.2 Å². The molecule has 0 fully saturated rings. The SMILES string of the molecule is COc1ccc(OC)c(C(C)NS(=O)(=O)C2=Cc3ccccc3CC2)c1. The first-order chi connectivity index (χ1) is 12.4. The third kappa shape index (κ3) is 3.76. The molecule has 6 heteroatoms. The summed E-state index contributed by atoms with van der Waals surface area (Å²) in [6.45, 7) is 1.80. The Balaban J connectivity index is 1.88. The summed E-state index contributed by atoms with van der Waals surface area (Å²) in [7, 11) is -0.467. The average Bonchev–Trinajstić information content (AvgIpc) is 2.66. The maximum Gasteiger partial charge on any atom is 0.237 e. The number of aryl methyl sites for hydroxylation is 1. The van der Waals surface area contributed by atoms with Crippen molar-refractivity contribution in [3.63, 3.8) is 0 Å². The fourth-order valence-electron chi connectivity index (χ4n) is 3.17. The standard InChI is InChI=1S/C20H23NO4S/c1-14(19-13-17(24-2)9-11-20(19)25-3)21-26(22,23)18-10-8-15-6-4-5-7-16(15)12-18/h4-7,9,11-14,21H,8,10H2,1-3H3. The number of nitrogens with one attached hydrogen (secondary N) is 1. The summed E-state index contributed by atoms with van der Waals surface area (Å²) in [6.07, 6.45) is 2.98. The summed E-state index contributed by atoms with van der Waals surface area (Å²) in [5.74, 6) is 1.27. The minimum Gasteiger partial charge on any atom is -0.497 e. The van der Waals surface area contributed by atoms with Crippen LogP contribution in [-0.4, -0.2) is 22.6 Å². The number of benzene rings is 2. The molecule has 1 aliphatic rings. The lowest BCUT2D eigenvalue weighted by Crippen LogP contribution is -2.29. The van der Waals surface area contributed by atoms with Gasteiger partial charge in [0.15, 0.2) is 0 Å². The Labute approximate surface area is 154 Å². The Kier molecular flexibility index (Phi) is 5.34. The molecule has 26 heavy (non-hydrogen) atoms. The highest BCUT2D eigenvalue weighted by Crippen LogP contribution is 2.32. The summed E-state index contributed by atoms with van der Waals surface area (Å²) in [6, 6.07) is 12.8. The fraction of sp³-hybridized carbons (Fsp3) is 0.300. The van der Waals surface area contributed by atoms with Crippen LogP contribution in [0.25, 0.3) is 6.08 Å². The summed E-state index contributed by atoms with van der Waals surface area (Å²) >= 11 is 0. The highest BCUT2D eigenvalue weighted by atomic mass is 32.2. The van der Waals surface area contributed by atoms with Crippen LogP contribution >= 0.6 is 0 Å². The van der Waals surface area contributed by atoms with E-state index in [0.717, 1.165) is 17.5 Å². The molecule has 0 saturated heterocycles. The lowest BCUT2D eigenvalue weighted by atomic mass is 9.98. The van der Waals surface area contributed by atoms with E-state index < -0.39 is 16.1 Å². The van der Waals surface area contributed by atoms with Gasteiger partial charge in [-0.3, -0.25) is 0 Å². The molecule has 0 aromatic heterocycles. The molecule has 0 bridgehead atoms. The number of hydrogen-bond donors (Lipinski definition) is 1. The Morgan fingerprint density at radius 2 is 1.81 bits per heavy atom. The van der Waals surface area contributed by atoms with Crippen LogP contribution in [0.15, 0.2) is 47.4 Å². The molecular weight excluding hydrogens is 350 g/mol. The Hall–Kier alpha value is -2.31. The van der Waals surface area contributed by atoms with Crippen molar-refractivity contribution < 1.29 is 17.9 Å². The molecule has 0 aliphatic heterocycles. The topological polar surface area (TPSA) is 64.6 Å². The van der Waals surface area contributed by atoms with Gasteiger partial charge in [0.05, 0.1) is 19.1 Å². The smallest absolute Gasteiger partial charge is 0.237 e. The number of ether oxygens (including phenoxy) is 2. The van der Waals surface area contributed by atoms with Crippen LogP contribution in [0.2, 0.25) is 0 Å². The second-order valence-corrected chi connectivity index (χ2v) is 8.03. The summed E-state index contributed by atoms with van der Waals surface area (Å²) in [4.78, 5) is 0.407. The van der Waals surface area contributed by atoms with E-state index in [2.05, 4.69) is 4.72 Å². The molecular formula is C20H23NO4S. The van der Waals surface area contributed by atoms with Crippen molar-refractivity contribution in [3.05, 3.63) is 64.1 Å². The normalized spacial score (nSPS) is 15.0. The van der Waals surface area contributed by atoms with Gasteiger partial charge >= 0.3 is 0 Å². The monoisotopic (exact) mass is 373 g/mol. The Bertz CT molecular complexity index is 935. The molecule has 1 unspecified atom stereocenters. The molecule has 5 nitrogen and oxygen atoms in total. The molecule has 0 radical (unpaired) electrons. The first kappa shape index (κ1) is 18.5. The van der Waals surface area contributed by atoms with Crippen LogP contribution in [-0.2, 0) is 16.4 Å². The molecule has 0 spiro atoms. The van der Waals surface area contributed by atoms with E-state index in [1.165, 1.54) is 5.56 Å². The van der Waals surface area contributed by atoms with Gasteiger partial charge in [0.1, 0.15) is 11.5 Å². The van der Waals surface area contributed by atoms with E-state index in [9.17, 15) is 8.42 Å². The summed E-state index contributed by atoms with van der Waals surface area (Å²) in [5, 5.41) is 0.